The van der Waals surface area contributed by atoms with E-state index >= 15 is 0 Å². The number of benzene rings is 2. The summed E-state index contributed by atoms with van der Waals surface area (Å²) in [5.74, 6) is 1.91. The second-order valence-corrected chi connectivity index (χ2v) is 7.02. The average Bonchev–Trinajstić information content (AvgIpc) is 3.14. The molecule has 2 aromatic carbocycles. The first-order valence-electron chi connectivity index (χ1n) is 7.67. The number of ketones is 1. The minimum Gasteiger partial charge on any atom is -0.497 e. The van der Waals surface area contributed by atoms with Crippen LogP contribution in [0.3, 0.4) is 0 Å². The van der Waals surface area contributed by atoms with Crippen LogP contribution < -0.4 is 9.47 Å². The van der Waals surface area contributed by atoms with Crippen molar-refractivity contribution in [1.82, 2.24) is 15.2 Å². The third-order valence-corrected chi connectivity index (χ3v) is 5.17. The zero-order valence-electron chi connectivity index (χ0n) is 14.2. The van der Waals surface area contributed by atoms with Gasteiger partial charge >= 0.3 is 0 Å². The fourth-order valence-electron chi connectivity index (χ4n) is 2.32. The van der Waals surface area contributed by atoms with Crippen molar-refractivity contribution in [3.8, 4) is 22.9 Å². The SMILES string of the molecule is COc1ccc(C(=O)CSc2n[nH]c(-c3ccccc3Br)n2)c(OC)c1. The Balaban J connectivity index is 1.70. The molecular formula is C18H16BrN3O3S. The van der Waals surface area contributed by atoms with Gasteiger partial charge in [0.15, 0.2) is 11.6 Å². The van der Waals surface area contributed by atoms with Crippen molar-refractivity contribution in [3.05, 3.63) is 52.5 Å². The van der Waals surface area contributed by atoms with Crippen LogP contribution in [0.2, 0.25) is 0 Å². The molecule has 0 aliphatic heterocycles. The summed E-state index contributed by atoms with van der Waals surface area (Å²) in [6.07, 6.45) is 0. The van der Waals surface area contributed by atoms with Gasteiger partial charge < -0.3 is 9.47 Å². The van der Waals surface area contributed by atoms with Crippen LogP contribution in [0, 0.1) is 0 Å². The predicted octanol–water partition coefficient (Wildman–Crippen LogP) is 4.23. The smallest absolute Gasteiger partial charge is 0.209 e. The molecule has 134 valence electrons. The Kier molecular flexibility index (Phi) is 5.95. The molecule has 1 heterocycles. The van der Waals surface area contributed by atoms with E-state index in [1.807, 2.05) is 24.3 Å². The van der Waals surface area contributed by atoms with Crippen LogP contribution in [-0.2, 0) is 0 Å². The highest BCUT2D eigenvalue weighted by Crippen LogP contribution is 2.28. The summed E-state index contributed by atoms with van der Waals surface area (Å²) in [4.78, 5) is 17.0. The van der Waals surface area contributed by atoms with Gasteiger partial charge in [-0.3, -0.25) is 9.89 Å². The molecule has 3 aromatic rings. The van der Waals surface area contributed by atoms with E-state index in [1.165, 1.54) is 18.9 Å². The molecule has 0 amide bonds. The quantitative estimate of drug-likeness (QED) is 0.443. The number of nitrogens with zero attached hydrogens (tertiary/aromatic N) is 2. The molecule has 0 aliphatic carbocycles. The Bertz CT molecular complexity index is 930. The lowest BCUT2D eigenvalue weighted by molar-refractivity contribution is 0.101. The molecule has 0 saturated heterocycles. The maximum absolute atomic E-state index is 12.5. The first kappa shape index (κ1) is 18.5. The molecule has 26 heavy (non-hydrogen) atoms. The summed E-state index contributed by atoms with van der Waals surface area (Å²) in [6, 6.07) is 12.9. The van der Waals surface area contributed by atoms with E-state index in [9.17, 15) is 4.79 Å². The molecule has 0 radical (unpaired) electrons. The molecule has 6 nitrogen and oxygen atoms in total. The fourth-order valence-corrected chi connectivity index (χ4v) is 3.48. The highest BCUT2D eigenvalue weighted by molar-refractivity contribution is 9.10. The molecule has 0 atom stereocenters. The Hall–Kier alpha value is -2.32. The number of carbonyl (C=O) groups is 1. The highest BCUT2D eigenvalue weighted by atomic mass is 79.9. The molecule has 1 N–H and O–H groups in total. The lowest BCUT2D eigenvalue weighted by Gasteiger charge is -2.09. The summed E-state index contributed by atoms with van der Waals surface area (Å²) >= 11 is 4.76. The van der Waals surface area contributed by atoms with Crippen molar-refractivity contribution in [2.24, 2.45) is 0 Å². The van der Waals surface area contributed by atoms with Gasteiger partial charge in [0, 0.05) is 16.1 Å². The van der Waals surface area contributed by atoms with Crippen molar-refractivity contribution >= 4 is 33.5 Å². The number of ether oxygens (including phenoxy) is 2. The van der Waals surface area contributed by atoms with Crippen LogP contribution in [0.1, 0.15) is 10.4 Å². The van der Waals surface area contributed by atoms with Gasteiger partial charge in [-0.2, -0.15) is 0 Å². The molecule has 0 spiro atoms. The summed E-state index contributed by atoms with van der Waals surface area (Å²) < 4.78 is 11.4. The number of thioether (sulfide) groups is 1. The van der Waals surface area contributed by atoms with Gasteiger partial charge in [-0.25, -0.2) is 4.98 Å². The van der Waals surface area contributed by atoms with E-state index in [2.05, 4.69) is 31.1 Å². The summed E-state index contributed by atoms with van der Waals surface area (Å²) in [5.41, 5.74) is 1.41. The van der Waals surface area contributed by atoms with E-state index in [4.69, 9.17) is 9.47 Å². The number of methoxy groups -OCH3 is 2. The predicted molar refractivity (Wildman–Crippen MR) is 104 cm³/mol. The van der Waals surface area contributed by atoms with Gasteiger partial charge in [-0.15, -0.1) is 5.10 Å². The van der Waals surface area contributed by atoms with Crippen molar-refractivity contribution in [2.45, 2.75) is 5.16 Å². The Labute approximate surface area is 163 Å². The molecule has 8 heteroatoms. The summed E-state index contributed by atoms with van der Waals surface area (Å²) in [5, 5.41) is 7.58. The molecule has 3 rings (SSSR count). The summed E-state index contributed by atoms with van der Waals surface area (Å²) in [7, 11) is 3.09. The number of aromatic nitrogens is 3. The minimum absolute atomic E-state index is 0.0678. The highest BCUT2D eigenvalue weighted by Gasteiger charge is 2.16. The molecular weight excluding hydrogens is 418 g/mol. The topological polar surface area (TPSA) is 77.1 Å². The van der Waals surface area contributed by atoms with E-state index < -0.39 is 0 Å². The van der Waals surface area contributed by atoms with Crippen LogP contribution in [0.5, 0.6) is 11.5 Å². The normalized spacial score (nSPS) is 10.6. The Morgan fingerprint density at radius 1 is 1.19 bits per heavy atom. The molecule has 0 bridgehead atoms. The number of rotatable bonds is 7. The maximum Gasteiger partial charge on any atom is 0.209 e. The number of Topliss-reactive ketones (excluding diaryl/α,β-unsaturated/α-hetero) is 1. The molecule has 0 unspecified atom stereocenters. The van der Waals surface area contributed by atoms with Gasteiger partial charge in [-0.05, 0) is 18.2 Å². The number of hydrogen-bond acceptors (Lipinski definition) is 6. The van der Waals surface area contributed by atoms with Crippen LogP contribution in [-0.4, -0.2) is 40.9 Å². The number of nitrogens with one attached hydrogen (secondary N) is 1. The van der Waals surface area contributed by atoms with Gasteiger partial charge in [0.05, 0.1) is 25.5 Å². The largest absolute Gasteiger partial charge is 0.497 e. The maximum atomic E-state index is 12.5. The van der Waals surface area contributed by atoms with Gasteiger partial charge in [0.1, 0.15) is 11.5 Å². The standard InChI is InChI=1S/C18H16BrN3O3S/c1-24-11-7-8-13(16(9-11)25-2)15(23)10-26-18-20-17(21-22-18)12-5-3-4-6-14(12)19/h3-9H,10H2,1-2H3,(H,20,21,22). The van der Waals surface area contributed by atoms with Crippen molar-refractivity contribution in [1.29, 1.82) is 0 Å². The Morgan fingerprint density at radius 3 is 2.73 bits per heavy atom. The molecule has 0 fully saturated rings. The van der Waals surface area contributed by atoms with E-state index in [1.54, 1.807) is 25.3 Å². The Morgan fingerprint density at radius 2 is 2.00 bits per heavy atom. The third-order valence-electron chi connectivity index (χ3n) is 3.64. The van der Waals surface area contributed by atoms with Crippen LogP contribution in [0.15, 0.2) is 52.1 Å². The van der Waals surface area contributed by atoms with Crippen LogP contribution >= 0.6 is 27.7 Å². The molecule has 0 aliphatic rings. The van der Waals surface area contributed by atoms with E-state index in [0.29, 0.717) is 28.0 Å². The lowest BCUT2D eigenvalue weighted by atomic mass is 10.1. The minimum atomic E-state index is -0.0678. The van der Waals surface area contributed by atoms with Gasteiger partial charge in [0.2, 0.25) is 5.16 Å². The first-order valence-corrected chi connectivity index (χ1v) is 9.45. The first-order chi connectivity index (χ1) is 12.6. The van der Waals surface area contributed by atoms with E-state index in [0.717, 1.165) is 10.0 Å². The number of halogens is 1. The second kappa shape index (κ2) is 8.37. The van der Waals surface area contributed by atoms with Crippen LogP contribution in [0.25, 0.3) is 11.4 Å². The zero-order valence-corrected chi connectivity index (χ0v) is 16.6. The number of hydrogen-bond donors (Lipinski definition) is 1. The van der Waals surface area contributed by atoms with Crippen molar-refractivity contribution in [3.63, 3.8) is 0 Å². The fraction of sp³-hybridized carbons (Fsp3) is 0.167. The number of carbonyl (C=O) groups excluding carboxylic acids is 1. The number of aromatic amines is 1. The molecule has 0 saturated carbocycles. The third kappa shape index (κ3) is 4.08. The lowest BCUT2D eigenvalue weighted by Crippen LogP contribution is -2.05. The average molecular weight is 434 g/mol. The van der Waals surface area contributed by atoms with Gasteiger partial charge in [0.25, 0.3) is 0 Å². The zero-order chi connectivity index (χ0) is 18.5. The second-order valence-electron chi connectivity index (χ2n) is 5.22. The van der Waals surface area contributed by atoms with E-state index in [-0.39, 0.29) is 11.5 Å². The summed E-state index contributed by atoms with van der Waals surface area (Å²) in [6.45, 7) is 0. The molecule has 1 aromatic heterocycles. The number of H-pyrrole nitrogens is 1. The van der Waals surface area contributed by atoms with Crippen molar-refractivity contribution < 1.29 is 14.3 Å². The van der Waals surface area contributed by atoms with Crippen LogP contribution in [0.4, 0.5) is 0 Å². The van der Waals surface area contributed by atoms with Gasteiger partial charge in [-0.1, -0.05) is 45.9 Å². The monoisotopic (exact) mass is 433 g/mol. The van der Waals surface area contributed by atoms with Crippen molar-refractivity contribution in [2.75, 3.05) is 20.0 Å².